The fourth-order valence-electron chi connectivity index (χ4n) is 3.10. The van der Waals surface area contributed by atoms with Gasteiger partial charge in [-0.25, -0.2) is 9.97 Å². The lowest BCUT2D eigenvalue weighted by Crippen LogP contribution is -2.18. The number of aromatic nitrogens is 3. The van der Waals surface area contributed by atoms with Gasteiger partial charge in [-0.1, -0.05) is 23.4 Å². The maximum absolute atomic E-state index is 10.2. The number of benzene rings is 2. The molecule has 0 amide bonds. The van der Waals surface area contributed by atoms with Gasteiger partial charge in [0.2, 0.25) is 0 Å². The van der Waals surface area contributed by atoms with Crippen molar-refractivity contribution >= 4 is 16.7 Å². The quantitative estimate of drug-likeness (QED) is 0.586. The fourth-order valence-corrected chi connectivity index (χ4v) is 3.10. The highest BCUT2D eigenvalue weighted by Gasteiger charge is 2.16. The van der Waals surface area contributed by atoms with E-state index in [9.17, 15) is 5.11 Å². The Labute approximate surface area is 157 Å². The molecule has 0 saturated carbocycles. The molecule has 0 spiro atoms. The second-order valence-electron chi connectivity index (χ2n) is 6.70. The normalized spacial score (nSPS) is 11.1. The molecule has 2 aromatic heterocycles. The van der Waals surface area contributed by atoms with E-state index >= 15 is 0 Å². The third-order valence-electron chi connectivity index (χ3n) is 4.41. The van der Waals surface area contributed by atoms with E-state index in [1.807, 2.05) is 62.2 Å². The minimum Gasteiger partial charge on any atom is -0.507 e. The second kappa shape index (κ2) is 6.72. The minimum atomic E-state index is 0.156. The molecule has 4 rings (SSSR count). The van der Waals surface area contributed by atoms with Crippen LogP contribution in [-0.2, 0) is 6.54 Å². The van der Waals surface area contributed by atoms with Gasteiger partial charge in [0.15, 0.2) is 11.6 Å². The molecule has 1 N–H and O–H groups in total. The van der Waals surface area contributed by atoms with Crippen LogP contribution in [0.15, 0.2) is 53.1 Å². The van der Waals surface area contributed by atoms with E-state index in [-0.39, 0.29) is 5.75 Å². The summed E-state index contributed by atoms with van der Waals surface area (Å²) >= 11 is 0. The standard InChI is InChI=1S/C21H20N4O2/c1-13-8-9-16-18(10-13)22-20(17-6-4-5-7-19(17)26)23-21(16)25(3)12-15-11-14(2)24-27-15/h4-11,26H,12H2,1-3H3. The first-order valence-corrected chi connectivity index (χ1v) is 8.71. The summed E-state index contributed by atoms with van der Waals surface area (Å²) in [6.45, 7) is 4.45. The molecular formula is C21H20N4O2. The molecule has 0 aliphatic heterocycles. The number of hydrogen-bond donors (Lipinski definition) is 1. The Bertz CT molecular complexity index is 1120. The highest BCUT2D eigenvalue weighted by molar-refractivity contribution is 5.91. The number of rotatable bonds is 4. The molecule has 6 nitrogen and oxygen atoms in total. The molecule has 6 heteroatoms. The van der Waals surface area contributed by atoms with Crippen LogP contribution >= 0.6 is 0 Å². The van der Waals surface area contributed by atoms with Gasteiger partial charge in [0.05, 0.1) is 23.3 Å². The van der Waals surface area contributed by atoms with Crippen molar-refractivity contribution in [2.45, 2.75) is 20.4 Å². The SMILES string of the molecule is Cc1ccc2c(N(C)Cc3cc(C)no3)nc(-c3ccccc3O)nc2c1. The Morgan fingerprint density at radius 2 is 1.85 bits per heavy atom. The Kier molecular flexibility index (Phi) is 4.24. The lowest BCUT2D eigenvalue weighted by atomic mass is 10.1. The Morgan fingerprint density at radius 1 is 1.04 bits per heavy atom. The number of fused-ring (bicyclic) bond motifs is 1. The van der Waals surface area contributed by atoms with Crippen molar-refractivity contribution in [1.82, 2.24) is 15.1 Å². The van der Waals surface area contributed by atoms with Crippen LogP contribution in [0.2, 0.25) is 0 Å². The van der Waals surface area contributed by atoms with Gasteiger partial charge in [0.1, 0.15) is 11.6 Å². The van der Waals surface area contributed by atoms with Crippen LogP contribution in [0.25, 0.3) is 22.3 Å². The number of hydrogen-bond acceptors (Lipinski definition) is 6. The molecule has 2 aromatic carbocycles. The Morgan fingerprint density at radius 3 is 2.59 bits per heavy atom. The van der Waals surface area contributed by atoms with Gasteiger partial charge in [-0.05, 0) is 43.7 Å². The molecule has 0 atom stereocenters. The summed E-state index contributed by atoms with van der Waals surface area (Å²) in [5.74, 6) is 2.18. The zero-order valence-corrected chi connectivity index (χ0v) is 15.5. The Hall–Kier alpha value is -3.41. The summed E-state index contributed by atoms with van der Waals surface area (Å²) in [5.41, 5.74) is 3.39. The molecule has 4 aromatic rings. The van der Waals surface area contributed by atoms with E-state index < -0.39 is 0 Å². The molecule has 0 bridgehead atoms. The number of phenolic OH excluding ortho intramolecular Hbond substituents is 1. The number of para-hydroxylation sites is 1. The van der Waals surface area contributed by atoms with Gasteiger partial charge < -0.3 is 14.5 Å². The van der Waals surface area contributed by atoms with Gasteiger partial charge in [-0.15, -0.1) is 0 Å². The van der Waals surface area contributed by atoms with Crippen LogP contribution in [0, 0.1) is 13.8 Å². The van der Waals surface area contributed by atoms with Gasteiger partial charge in [0, 0.05) is 18.5 Å². The van der Waals surface area contributed by atoms with E-state index in [0.717, 1.165) is 33.7 Å². The molecule has 2 heterocycles. The van der Waals surface area contributed by atoms with Crippen molar-refractivity contribution in [3.05, 3.63) is 65.5 Å². The number of nitrogens with zero attached hydrogens (tertiary/aromatic N) is 4. The van der Waals surface area contributed by atoms with Crippen molar-refractivity contribution < 1.29 is 9.63 Å². The average Bonchev–Trinajstić information content (AvgIpc) is 3.05. The summed E-state index contributed by atoms with van der Waals surface area (Å²) in [5, 5.41) is 15.1. The highest BCUT2D eigenvalue weighted by Crippen LogP contribution is 2.32. The average molecular weight is 360 g/mol. The third kappa shape index (κ3) is 3.33. The predicted octanol–water partition coefficient (Wildman–Crippen LogP) is 4.24. The molecule has 0 unspecified atom stereocenters. The monoisotopic (exact) mass is 360 g/mol. The lowest BCUT2D eigenvalue weighted by molar-refractivity contribution is 0.379. The topological polar surface area (TPSA) is 75.3 Å². The fraction of sp³-hybridized carbons (Fsp3) is 0.190. The Balaban J connectivity index is 1.86. The van der Waals surface area contributed by atoms with E-state index in [1.165, 1.54) is 0 Å². The van der Waals surface area contributed by atoms with E-state index in [4.69, 9.17) is 9.51 Å². The largest absolute Gasteiger partial charge is 0.507 e. The van der Waals surface area contributed by atoms with Crippen LogP contribution in [0.1, 0.15) is 17.0 Å². The first kappa shape index (κ1) is 17.0. The summed E-state index contributed by atoms with van der Waals surface area (Å²) in [6.07, 6.45) is 0. The van der Waals surface area contributed by atoms with Crippen LogP contribution < -0.4 is 4.90 Å². The number of phenols is 1. The van der Waals surface area contributed by atoms with Crippen LogP contribution in [0.5, 0.6) is 5.75 Å². The smallest absolute Gasteiger partial charge is 0.165 e. The van der Waals surface area contributed by atoms with Crippen molar-refractivity contribution in [3.63, 3.8) is 0 Å². The molecule has 0 saturated heterocycles. The number of anilines is 1. The molecule has 0 aliphatic carbocycles. The molecular weight excluding hydrogens is 340 g/mol. The first-order valence-electron chi connectivity index (χ1n) is 8.71. The van der Waals surface area contributed by atoms with Crippen LogP contribution in [-0.4, -0.2) is 27.3 Å². The van der Waals surface area contributed by atoms with Crippen LogP contribution in [0.4, 0.5) is 5.82 Å². The van der Waals surface area contributed by atoms with Gasteiger partial charge >= 0.3 is 0 Å². The third-order valence-corrected chi connectivity index (χ3v) is 4.41. The molecule has 0 radical (unpaired) electrons. The van der Waals surface area contributed by atoms with Crippen molar-refractivity contribution in [2.75, 3.05) is 11.9 Å². The zero-order valence-electron chi connectivity index (χ0n) is 15.5. The van der Waals surface area contributed by atoms with E-state index in [0.29, 0.717) is 17.9 Å². The van der Waals surface area contributed by atoms with Crippen molar-refractivity contribution in [1.29, 1.82) is 0 Å². The summed E-state index contributed by atoms with van der Waals surface area (Å²) in [4.78, 5) is 11.4. The zero-order chi connectivity index (χ0) is 19.0. The van der Waals surface area contributed by atoms with Gasteiger partial charge in [-0.3, -0.25) is 0 Å². The maximum Gasteiger partial charge on any atom is 0.165 e. The number of aryl methyl sites for hydroxylation is 2. The second-order valence-corrected chi connectivity index (χ2v) is 6.70. The highest BCUT2D eigenvalue weighted by atomic mass is 16.5. The molecule has 27 heavy (non-hydrogen) atoms. The van der Waals surface area contributed by atoms with Gasteiger partial charge in [0.25, 0.3) is 0 Å². The van der Waals surface area contributed by atoms with Crippen molar-refractivity contribution in [2.24, 2.45) is 0 Å². The molecule has 0 fully saturated rings. The summed E-state index contributed by atoms with van der Waals surface area (Å²) in [7, 11) is 1.95. The maximum atomic E-state index is 10.2. The van der Waals surface area contributed by atoms with E-state index in [2.05, 4.69) is 10.1 Å². The van der Waals surface area contributed by atoms with E-state index in [1.54, 1.807) is 12.1 Å². The lowest BCUT2D eigenvalue weighted by Gasteiger charge is -2.19. The van der Waals surface area contributed by atoms with Crippen molar-refractivity contribution in [3.8, 4) is 17.1 Å². The predicted molar refractivity (Wildman–Crippen MR) is 105 cm³/mol. The van der Waals surface area contributed by atoms with Crippen LogP contribution in [0.3, 0.4) is 0 Å². The number of aromatic hydroxyl groups is 1. The summed E-state index contributed by atoms with van der Waals surface area (Å²) < 4.78 is 5.35. The summed E-state index contributed by atoms with van der Waals surface area (Å²) in [6, 6.07) is 15.1. The van der Waals surface area contributed by atoms with Gasteiger partial charge in [-0.2, -0.15) is 0 Å². The minimum absolute atomic E-state index is 0.156. The molecule has 136 valence electrons. The molecule has 0 aliphatic rings. The first-order chi connectivity index (χ1) is 13.0.